The van der Waals surface area contributed by atoms with Crippen LogP contribution in [0.4, 0.5) is 22.0 Å². The van der Waals surface area contributed by atoms with Gasteiger partial charge in [-0.3, -0.25) is 0 Å². The van der Waals surface area contributed by atoms with Crippen LogP contribution in [-0.2, 0) is 4.74 Å². The smallest absolute Gasteiger partial charge is 0.435 e. The zero-order chi connectivity index (χ0) is 20.3. The van der Waals surface area contributed by atoms with Crippen LogP contribution in [0.15, 0.2) is 42.5 Å². The van der Waals surface area contributed by atoms with Crippen LogP contribution in [0.3, 0.4) is 0 Å². The molecule has 28 heavy (non-hydrogen) atoms. The highest BCUT2D eigenvalue weighted by Gasteiger charge is 2.31. The summed E-state index contributed by atoms with van der Waals surface area (Å²) >= 11 is 0. The number of alkyl halides is 5. The van der Waals surface area contributed by atoms with E-state index in [1.54, 1.807) is 6.92 Å². The Bertz CT molecular complexity index is 925. The van der Waals surface area contributed by atoms with Gasteiger partial charge in [0.15, 0.2) is 0 Å². The molecule has 0 spiro atoms. The molecular formula is C18H15F5N2O3. The van der Waals surface area contributed by atoms with E-state index in [0.717, 1.165) is 0 Å². The van der Waals surface area contributed by atoms with E-state index in [4.69, 9.17) is 4.74 Å². The Kier molecular flexibility index (Phi) is 5.68. The fraction of sp³-hybridized carbons (Fsp3) is 0.278. The molecule has 2 aromatic carbocycles. The summed E-state index contributed by atoms with van der Waals surface area (Å²) in [5, 5.41) is 0. The van der Waals surface area contributed by atoms with Crippen molar-refractivity contribution >= 4 is 11.0 Å². The monoisotopic (exact) mass is 402 g/mol. The van der Waals surface area contributed by atoms with Crippen molar-refractivity contribution in [1.82, 2.24) is 9.97 Å². The maximum atomic E-state index is 12.4. The minimum Gasteiger partial charge on any atom is -0.435 e. The van der Waals surface area contributed by atoms with Gasteiger partial charge in [-0.15, -0.1) is 13.2 Å². The molecule has 1 atom stereocenters. The predicted molar refractivity (Wildman–Crippen MR) is 89.3 cm³/mol. The second-order valence-electron chi connectivity index (χ2n) is 5.63. The Labute approximate surface area is 156 Å². The van der Waals surface area contributed by atoms with Gasteiger partial charge in [-0.05, 0) is 36.8 Å². The van der Waals surface area contributed by atoms with Gasteiger partial charge in [-0.2, -0.15) is 8.78 Å². The topological polar surface area (TPSA) is 56.4 Å². The molecule has 3 aromatic rings. The molecule has 1 unspecified atom stereocenters. The molecule has 5 nitrogen and oxygen atoms in total. The Balaban J connectivity index is 1.89. The Morgan fingerprint density at radius 2 is 1.71 bits per heavy atom. The van der Waals surface area contributed by atoms with E-state index in [-0.39, 0.29) is 11.5 Å². The summed E-state index contributed by atoms with van der Waals surface area (Å²) in [4.78, 5) is 7.36. The molecule has 150 valence electrons. The summed E-state index contributed by atoms with van der Waals surface area (Å²) in [6, 6.07) is 9.46. The maximum absolute atomic E-state index is 12.4. The third kappa shape index (κ3) is 4.89. The number of hydrogen-bond donors (Lipinski definition) is 1. The molecular weight excluding hydrogens is 387 g/mol. The Hall–Kier alpha value is -2.88. The number of H-pyrrole nitrogens is 1. The highest BCUT2D eigenvalue weighted by atomic mass is 19.4. The van der Waals surface area contributed by atoms with Gasteiger partial charge in [0, 0.05) is 12.7 Å². The number of imidazole rings is 1. The van der Waals surface area contributed by atoms with Crippen molar-refractivity contribution in [3.8, 4) is 11.5 Å². The van der Waals surface area contributed by atoms with Crippen molar-refractivity contribution in [1.29, 1.82) is 0 Å². The van der Waals surface area contributed by atoms with Crippen LogP contribution in [0.25, 0.3) is 11.0 Å². The molecule has 1 heterocycles. The summed E-state index contributed by atoms with van der Waals surface area (Å²) in [7, 11) is 0. The lowest BCUT2D eigenvalue weighted by Gasteiger charge is -2.16. The number of halogens is 5. The molecule has 0 aliphatic carbocycles. The third-order valence-corrected chi connectivity index (χ3v) is 3.70. The number of rotatable bonds is 7. The molecule has 0 fully saturated rings. The molecule has 0 aliphatic heterocycles. The van der Waals surface area contributed by atoms with E-state index in [9.17, 15) is 22.0 Å². The van der Waals surface area contributed by atoms with Crippen molar-refractivity contribution in [2.75, 3.05) is 6.61 Å². The van der Waals surface area contributed by atoms with Crippen LogP contribution in [0.1, 0.15) is 24.4 Å². The van der Waals surface area contributed by atoms with Crippen LogP contribution in [0, 0.1) is 0 Å². The lowest BCUT2D eigenvalue weighted by atomic mass is 10.1. The number of nitrogens with zero attached hydrogens (tertiary/aromatic N) is 1. The number of nitrogens with one attached hydrogen (secondary N) is 1. The van der Waals surface area contributed by atoms with Crippen LogP contribution in [0.5, 0.6) is 11.5 Å². The van der Waals surface area contributed by atoms with Crippen molar-refractivity contribution in [2.24, 2.45) is 0 Å². The summed E-state index contributed by atoms with van der Waals surface area (Å²) in [6.45, 7) is -0.891. The number of hydrogen-bond acceptors (Lipinski definition) is 4. The maximum Gasteiger partial charge on any atom is 0.573 e. The third-order valence-electron chi connectivity index (χ3n) is 3.70. The van der Waals surface area contributed by atoms with E-state index in [2.05, 4.69) is 19.4 Å². The number of aromatic amines is 1. The van der Waals surface area contributed by atoms with E-state index in [0.29, 0.717) is 29.0 Å². The SMILES string of the molecule is CCOC(c1ccc(OC(F)(F)F)cc1)c1nc2cc(OC(F)F)ccc2[nH]1. The fourth-order valence-corrected chi connectivity index (χ4v) is 2.65. The van der Waals surface area contributed by atoms with Gasteiger partial charge in [-0.25, -0.2) is 4.98 Å². The first-order valence-electron chi connectivity index (χ1n) is 8.17. The van der Waals surface area contributed by atoms with Crippen molar-refractivity contribution in [3.05, 3.63) is 53.9 Å². The normalized spacial score (nSPS) is 13.1. The van der Waals surface area contributed by atoms with Gasteiger partial charge in [-0.1, -0.05) is 12.1 Å². The zero-order valence-electron chi connectivity index (χ0n) is 14.5. The Morgan fingerprint density at radius 1 is 1.04 bits per heavy atom. The van der Waals surface area contributed by atoms with Gasteiger partial charge in [0.1, 0.15) is 23.4 Å². The summed E-state index contributed by atoms with van der Waals surface area (Å²) < 4.78 is 75.5. The summed E-state index contributed by atoms with van der Waals surface area (Å²) in [6.07, 6.45) is -5.48. The molecule has 10 heteroatoms. The molecule has 1 aromatic heterocycles. The molecule has 0 radical (unpaired) electrons. The van der Waals surface area contributed by atoms with Gasteiger partial charge < -0.3 is 19.2 Å². The van der Waals surface area contributed by atoms with E-state index >= 15 is 0 Å². The van der Waals surface area contributed by atoms with Crippen molar-refractivity contribution in [2.45, 2.75) is 26.0 Å². The van der Waals surface area contributed by atoms with Crippen LogP contribution < -0.4 is 9.47 Å². The molecule has 3 rings (SSSR count). The number of aromatic nitrogens is 2. The first kappa shape index (κ1) is 19.9. The second-order valence-corrected chi connectivity index (χ2v) is 5.63. The average Bonchev–Trinajstić information content (AvgIpc) is 3.01. The second kappa shape index (κ2) is 8.01. The van der Waals surface area contributed by atoms with Crippen LogP contribution in [-0.4, -0.2) is 29.5 Å². The van der Waals surface area contributed by atoms with E-state index in [1.165, 1.54) is 42.5 Å². The zero-order valence-corrected chi connectivity index (χ0v) is 14.5. The molecule has 0 bridgehead atoms. The minimum atomic E-state index is -4.78. The summed E-state index contributed by atoms with van der Waals surface area (Å²) in [5.74, 6) is -0.0254. The van der Waals surface area contributed by atoms with Crippen molar-refractivity contribution in [3.63, 3.8) is 0 Å². The molecule has 0 saturated heterocycles. The highest BCUT2D eigenvalue weighted by molar-refractivity contribution is 5.77. The van der Waals surface area contributed by atoms with E-state index in [1.807, 2.05) is 0 Å². The van der Waals surface area contributed by atoms with Crippen LogP contribution in [0.2, 0.25) is 0 Å². The lowest BCUT2D eigenvalue weighted by Crippen LogP contribution is -2.17. The fourth-order valence-electron chi connectivity index (χ4n) is 2.65. The Morgan fingerprint density at radius 3 is 2.32 bits per heavy atom. The van der Waals surface area contributed by atoms with Gasteiger partial charge in [0.2, 0.25) is 0 Å². The summed E-state index contributed by atoms with van der Waals surface area (Å²) in [5.41, 5.74) is 1.49. The lowest BCUT2D eigenvalue weighted by molar-refractivity contribution is -0.274. The van der Waals surface area contributed by atoms with Gasteiger partial charge in [0.25, 0.3) is 0 Å². The van der Waals surface area contributed by atoms with Gasteiger partial charge in [0.05, 0.1) is 11.0 Å². The number of fused-ring (bicyclic) bond motifs is 1. The largest absolute Gasteiger partial charge is 0.573 e. The number of ether oxygens (including phenoxy) is 3. The number of benzene rings is 2. The average molecular weight is 402 g/mol. The van der Waals surface area contributed by atoms with E-state index < -0.39 is 19.1 Å². The molecule has 0 saturated carbocycles. The van der Waals surface area contributed by atoms with Gasteiger partial charge >= 0.3 is 13.0 Å². The quantitative estimate of drug-likeness (QED) is 0.553. The molecule has 1 N–H and O–H groups in total. The molecule has 0 aliphatic rings. The first-order chi connectivity index (χ1) is 13.2. The highest BCUT2D eigenvalue weighted by Crippen LogP contribution is 2.30. The standard InChI is InChI=1S/C18H15F5N2O3/c1-2-26-15(10-3-5-11(6-4-10)28-18(21,22)23)16-24-13-8-7-12(27-17(19)20)9-14(13)25-16/h3-9,15,17H,2H2,1H3,(H,24,25). The molecule has 0 amide bonds. The minimum absolute atomic E-state index is 0.0397. The first-order valence-corrected chi connectivity index (χ1v) is 8.17. The van der Waals surface area contributed by atoms with Crippen LogP contribution >= 0.6 is 0 Å². The predicted octanol–water partition coefficient (Wildman–Crippen LogP) is 5.19. The van der Waals surface area contributed by atoms with Crippen molar-refractivity contribution < 1.29 is 36.2 Å².